The van der Waals surface area contributed by atoms with Crippen LogP contribution in [0.4, 0.5) is 5.69 Å². The van der Waals surface area contributed by atoms with Crippen LogP contribution in [-0.4, -0.2) is 7.05 Å². The smallest absolute Gasteiger partial charge is 0.0340 e. The van der Waals surface area contributed by atoms with Crippen LogP contribution in [0.2, 0.25) is 0 Å². The SMILES string of the molecule is CCC(C)C1CC(C)C(C)c2cc(NC)ccc21. The summed E-state index contributed by atoms with van der Waals surface area (Å²) in [6.45, 7) is 9.52. The first-order valence-corrected chi connectivity index (χ1v) is 7.40. The maximum atomic E-state index is 3.27. The van der Waals surface area contributed by atoms with Crippen LogP contribution < -0.4 is 5.32 Å². The lowest BCUT2D eigenvalue weighted by atomic mass is 9.67. The van der Waals surface area contributed by atoms with E-state index in [1.165, 1.54) is 18.5 Å². The van der Waals surface area contributed by atoms with E-state index in [2.05, 4.69) is 51.2 Å². The first kappa shape index (κ1) is 13.5. The maximum Gasteiger partial charge on any atom is 0.0340 e. The molecule has 2 rings (SSSR count). The van der Waals surface area contributed by atoms with E-state index >= 15 is 0 Å². The van der Waals surface area contributed by atoms with Gasteiger partial charge in [-0.1, -0.05) is 40.2 Å². The Labute approximate surface area is 112 Å². The highest BCUT2D eigenvalue weighted by Crippen LogP contribution is 2.46. The number of rotatable bonds is 3. The van der Waals surface area contributed by atoms with Gasteiger partial charge in [-0.3, -0.25) is 0 Å². The van der Waals surface area contributed by atoms with Crippen molar-refractivity contribution >= 4 is 5.69 Å². The van der Waals surface area contributed by atoms with Gasteiger partial charge in [0.05, 0.1) is 0 Å². The number of hydrogen-bond donors (Lipinski definition) is 1. The number of hydrogen-bond acceptors (Lipinski definition) is 1. The Hall–Kier alpha value is -0.980. The zero-order valence-electron chi connectivity index (χ0n) is 12.5. The summed E-state index contributed by atoms with van der Waals surface area (Å²) in [7, 11) is 2.00. The highest BCUT2D eigenvalue weighted by molar-refractivity contribution is 5.51. The van der Waals surface area contributed by atoms with Crippen LogP contribution in [0.5, 0.6) is 0 Å². The Kier molecular flexibility index (Phi) is 3.99. The Bertz CT molecular complexity index is 410. The van der Waals surface area contributed by atoms with Crippen LogP contribution in [0.25, 0.3) is 0 Å². The fourth-order valence-corrected chi connectivity index (χ4v) is 3.32. The molecule has 0 amide bonds. The lowest BCUT2D eigenvalue weighted by Crippen LogP contribution is -2.24. The topological polar surface area (TPSA) is 12.0 Å². The van der Waals surface area contributed by atoms with Crippen LogP contribution >= 0.6 is 0 Å². The molecule has 0 heterocycles. The van der Waals surface area contributed by atoms with E-state index in [0.29, 0.717) is 5.92 Å². The van der Waals surface area contributed by atoms with Gasteiger partial charge in [-0.15, -0.1) is 0 Å². The molecule has 0 radical (unpaired) electrons. The van der Waals surface area contributed by atoms with Crippen molar-refractivity contribution in [3.8, 4) is 0 Å². The minimum atomic E-state index is 0.689. The van der Waals surface area contributed by atoms with Crippen molar-refractivity contribution in [1.29, 1.82) is 0 Å². The molecular weight excluding hydrogens is 218 g/mol. The van der Waals surface area contributed by atoms with Crippen molar-refractivity contribution in [3.63, 3.8) is 0 Å². The fraction of sp³-hybridized carbons (Fsp3) is 0.647. The van der Waals surface area contributed by atoms with Crippen LogP contribution in [0, 0.1) is 11.8 Å². The molecule has 1 nitrogen and oxygen atoms in total. The standard InChI is InChI=1S/C17H27N/c1-6-11(2)16-9-12(3)13(4)17-10-14(18-5)7-8-15(16)17/h7-8,10-13,16,18H,6,9H2,1-5H3. The molecule has 1 aliphatic rings. The average molecular weight is 245 g/mol. The second-order valence-corrected chi connectivity index (χ2v) is 6.09. The van der Waals surface area contributed by atoms with Crippen LogP contribution in [0.3, 0.4) is 0 Å². The van der Waals surface area contributed by atoms with Gasteiger partial charge in [0.2, 0.25) is 0 Å². The monoisotopic (exact) mass is 245 g/mol. The molecule has 4 unspecified atom stereocenters. The van der Waals surface area contributed by atoms with Gasteiger partial charge >= 0.3 is 0 Å². The van der Waals surface area contributed by atoms with Gasteiger partial charge in [0, 0.05) is 12.7 Å². The van der Waals surface area contributed by atoms with E-state index in [-0.39, 0.29) is 0 Å². The molecule has 0 fully saturated rings. The summed E-state index contributed by atoms with van der Waals surface area (Å²) in [6, 6.07) is 6.96. The highest BCUT2D eigenvalue weighted by Gasteiger charge is 2.32. The molecule has 1 heteroatoms. The minimum Gasteiger partial charge on any atom is -0.388 e. The minimum absolute atomic E-state index is 0.689. The van der Waals surface area contributed by atoms with E-state index in [9.17, 15) is 0 Å². The quantitative estimate of drug-likeness (QED) is 0.790. The van der Waals surface area contributed by atoms with Crippen molar-refractivity contribution in [2.75, 3.05) is 12.4 Å². The first-order valence-electron chi connectivity index (χ1n) is 7.40. The molecule has 0 saturated carbocycles. The van der Waals surface area contributed by atoms with E-state index in [1.807, 2.05) is 7.05 Å². The molecule has 1 aliphatic carbocycles. The summed E-state index contributed by atoms with van der Waals surface area (Å²) in [5, 5.41) is 3.27. The third kappa shape index (κ3) is 2.28. The van der Waals surface area contributed by atoms with E-state index in [1.54, 1.807) is 11.1 Å². The van der Waals surface area contributed by atoms with Crippen LogP contribution in [0.1, 0.15) is 63.5 Å². The third-order valence-corrected chi connectivity index (χ3v) is 5.08. The summed E-state index contributed by atoms with van der Waals surface area (Å²) in [4.78, 5) is 0. The lowest BCUT2D eigenvalue weighted by molar-refractivity contribution is 0.311. The predicted molar refractivity (Wildman–Crippen MR) is 80.4 cm³/mol. The van der Waals surface area contributed by atoms with Crippen LogP contribution in [0.15, 0.2) is 18.2 Å². The Morgan fingerprint density at radius 1 is 1.28 bits per heavy atom. The van der Waals surface area contributed by atoms with Gasteiger partial charge in [-0.25, -0.2) is 0 Å². The molecule has 18 heavy (non-hydrogen) atoms. The number of nitrogens with one attached hydrogen (secondary N) is 1. The number of benzene rings is 1. The fourth-order valence-electron chi connectivity index (χ4n) is 3.32. The van der Waals surface area contributed by atoms with Gasteiger partial charge < -0.3 is 5.32 Å². The lowest BCUT2D eigenvalue weighted by Gasteiger charge is -2.38. The molecule has 0 bridgehead atoms. The summed E-state index contributed by atoms with van der Waals surface area (Å²) < 4.78 is 0. The predicted octanol–water partition coefficient (Wildman–Crippen LogP) is 5.00. The van der Waals surface area contributed by atoms with Gasteiger partial charge in [0.25, 0.3) is 0 Å². The van der Waals surface area contributed by atoms with Crippen molar-refractivity contribution in [1.82, 2.24) is 0 Å². The second-order valence-electron chi connectivity index (χ2n) is 6.09. The highest BCUT2D eigenvalue weighted by atomic mass is 14.8. The zero-order chi connectivity index (χ0) is 13.3. The van der Waals surface area contributed by atoms with E-state index in [4.69, 9.17) is 0 Å². The molecular formula is C17H27N. The van der Waals surface area contributed by atoms with Gasteiger partial charge in [-0.2, -0.15) is 0 Å². The summed E-state index contributed by atoms with van der Waals surface area (Å²) in [6.07, 6.45) is 2.63. The molecule has 100 valence electrons. The molecule has 1 aromatic carbocycles. The van der Waals surface area contributed by atoms with Crippen molar-refractivity contribution in [2.24, 2.45) is 11.8 Å². The largest absolute Gasteiger partial charge is 0.388 e. The Balaban J connectivity index is 2.44. The van der Waals surface area contributed by atoms with Crippen LogP contribution in [-0.2, 0) is 0 Å². The Morgan fingerprint density at radius 3 is 2.61 bits per heavy atom. The summed E-state index contributed by atoms with van der Waals surface area (Å²) in [5.41, 5.74) is 4.43. The second kappa shape index (κ2) is 5.34. The van der Waals surface area contributed by atoms with Gasteiger partial charge in [0.1, 0.15) is 0 Å². The normalized spacial score (nSPS) is 28.6. The zero-order valence-corrected chi connectivity index (χ0v) is 12.5. The molecule has 1 aromatic rings. The molecule has 4 atom stereocenters. The molecule has 1 N–H and O–H groups in total. The van der Waals surface area contributed by atoms with Crippen molar-refractivity contribution < 1.29 is 0 Å². The molecule has 0 saturated heterocycles. The van der Waals surface area contributed by atoms with Gasteiger partial charge in [-0.05, 0) is 53.4 Å². The molecule has 0 aliphatic heterocycles. The molecule has 0 aromatic heterocycles. The summed E-state index contributed by atoms with van der Waals surface area (Å²) in [5.74, 6) is 3.03. The van der Waals surface area contributed by atoms with E-state index in [0.717, 1.165) is 17.8 Å². The van der Waals surface area contributed by atoms with E-state index < -0.39 is 0 Å². The van der Waals surface area contributed by atoms with Gasteiger partial charge in [0.15, 0.2) is 0 Å². The number of anilines is 1. The van der Waals surface area contributed by atoms with Crippen molar-refractivity contribution in [3.05, 3.63) is 29.3 Å². The average Bonchev–Trinajstić information content (AvgIpc) is 2.41. The third-order valence-electron chi connectivity index (χ3n) is 5.08. The number of fused-ring (bicyclic) bond motifs is 1. The van der Waals surface area contributed by atoms with Crippen molar-refractivity contribution in [2.45, 2.75) is 52.4 Å². The maximum absolute atomic E-state index is 3.27. The molecule has 0 spiro atoms. The summed E-state index contributed by atoms with van der Waals surface area (Å²) >= 11 is 0. The first-order chi connectivity index (χ1) is 8.58. The Morgan fingerprint density at radius 2 is 2.00 bits per heavy atom.